The van der Waals surface area contributed by atoms with Gasteiger partial charge in [-0.25, -0.2) is 4.79 Å². The highest BCUT2D eigenvalue weighted by molar-refractivity contribution is 5.61. The van der Waals surface area contributed by atoms with Crippen molar-refractivity contribution in [3.05, 3.63) is 65.3 Å². The van der Waals surface area contributed by atoms with Gasteiger partial charge >= 0.3 is 6.16 Å². The van der Waals surface area contributed by atoms with Gasteiger partial charge in [-0.1, -0.05) is 42.0 Å². The molecule has 2 unspecified atom stereocenters. The Hall–Kier alpha value is -2.29. The summed E-state index contributed by atoms with van der Waals surface area (Å²) in [5.74, 6) is 1.19. The van der Waals surface area contributed by atoms with Gasteiger partial charge in [-0.2, -0.15) is 0 Å². The quantitative estimate of drug-likeness (QED) is 0.618. The molecule has 0 radical (unpaired) electrons. The predicted molar refractivity (Wildman–Crippen MR) is 88.7 cm³/mol. The van der Waals surface area contributed by atoms with Crippen molar-refractivity contribution in [1.82, 2.24) is 0 Å². The van der Waals surface area contributed by atoms with Crippen LogP contribution in [0.2, 0.25) is 0 Å². The first kappa shape index (κ1) is 14.3. The van der Waals surface area contributed by atoms with Crippen LogP contribution in [0.25, 0.3) is 0 Å². The molecular weight excluding hydrogens is 288 g/mol. The number of rotatable bonds is 2. The van der Waals surface area contributed by atoms with Gasteiger partial charge in [0.05, 0.1) is 0 Å². The summed E-state index contributed by atoms with van der Waals surface area (Å²) in [6, 6.07) is 7.66. The number of ether oxygens (including phenoxy) is 1. The smallest absolute Gasteiger partial charge is 0.449 e. The minimum absolute atomic E-state index is 0.150. The normalized spacial score (nSPS) is 31.6. The monoisotopic (exact) mass is 308 g/mol. The van der Waals surface area contributed by atoms with Crippen LogP contribution in [-0.4, -0.2) is 11.3 Å². The second kappa shape index (κ2) is 5.41. The Balaban J connectivity index is 1.71. The average Bonchev–Trinajstić information content (AvgIpc) is 3.15. The van der Waals surface area contributed by atoms with E-state index in [9.17, 15) is 4.79 Å². The zero-order valence-corrected chi connectivity index (χ0v) is 13.0. The van der Waals surface area contributed by atoms with Crippen molar-refractivity contribution in [1.29, 1.82) is 0 Å². The van der Waals surface area contributed by atoms with Gasteiger partial charge in [0.2, 0.25) is 0 Å². The van der Waals surface area contributed by atoms with Crippen molar-refractivity contribution in [3.8, 4) is 5.75 Å². The Morgan fingerprint density at radius 1 is 1.22 bits per heavy atom. The highest BCUT2D eigenvalue weighted by Crippen LogP contribution is 2.59. The number of carboxylic acid groups (broad SMARTS) is 1. The second-order valence-corrected chi connectivity index (χ2v) is 6.78. The van der Waals surface area contributed by atoms with E-state index in [1.807, 2.05) is 0 Å². The Morgan fingerprint density at radius 3 is 2.70 bits per heavy atom. The van der Waals surface area contributed by atoms with Crippen molar-refractivity contribution in [2.24, 2.45) is 5.92 Å². The van der Waals surface area contributed by atoms with Crippen molar-refractivity contribution in [3.63, 3.8) is 0 Å². The molecule has 0 aromatic heterocycles. The summed E-state index contributed by atoms with van der Waals surface area (Å²) in [6.07, 6.45) is 13.4. The first-order chi connectivity index (χ1) is 11.2. The first-order valence-corrected chi connectivity index (χ1v) is 8.24. The highest BCUT2D eigenvalue weighted by Gasteiger charge is 2.50. The zero-order chi connectivity index (χ0) is 15.9. The van der Waals surface area contributed by atoms with Crippen LogP contribution in [0.15, 0.2) is 59.7 Å². The number of allylic oxidation sites excluding steroid dienone is 6. The van der Waals surface area contributed by atoms with Crippen LogP contribution in [0.5, 0.6) is 5.75 Å². The molecule has 3 aliphatic rings. The van der Waals surface area contributed by atoms with Crippen LogP contribution in [0.4, 0.5) is 4.79 Å². The summed E-state index contributed by atoms with van der Waals surface area (Å²) in [5, 5.41) is 8.72. The van der Waals surface area contributed by atoms with Gasteiger partial charge in [-0.15, -0.1) is 0 Å². The van der Waals surface area contributed by atoms with Gasteiger partial charge in [0, 0.05) is 5.41 Å². The van der Waals surface area contributed by atoms with E-state index in [2.05, 4.69) is 36.4 Å². The minimum Gasteiger partial charge on any atom is -0.449 e. The molecule has 118 valence electrons. The molecule has 0 aliphatic heterocycles. The van der Waals surface area contributed by atoms with E-state index in [1.54, 1.807) is 17.7 Å². The van der Waals surface area contributed by atoms with Gasteiger partial charge in [-0.05, 0) is 61.3 Å². The fourth-order valence-electron chi connectivity index (χ4n) is 4.63. The average molecular weight is 308 g/mol. The van der Waals surface area contributed by atoms with E-state index in [0.717, 1.165) is 12.3 Å². The molecule has 1 N–H and O–H groups in total. The van der Waals surface area contributed by atoms with Crippen molar-refractivity contribution in [2.45, 2.75) is 37.5 Å². The third kappa shape index (κ3) is 2.40. The van der Waals surface area contributed by atoms with Crippen LogP contribution in [0.3, 0.4) is 0 Å². The number of fused-ring (bicyclic) bond motifs is 2. The standard InChI is InChI=1S/C20H20O3/c21-19(22)23-17-8-6-16(7-9-17)20-11-10-14(13-20)12-18(20)15-4-2-1-3-5-15/h1-4,6-9,14H,5,10-13H2,(H,21,22). The van der Waals surface area contributed by atoms with E-state index < -0.39 is 6.16 Å². The Labute approximate surface area is 136 Å². The maximum atomic E-state index is 10.7. The summed E-state index contributed by atoms with van der Waals surface area (Å²) in [5.41, 5.74) is 4.53. The lowest BCUT2D eigenvalue weighted by Crippen LogP contribution is -2.24. The molecule has 0 spiro atoms. The lowest BCUT2D eigenvalue weighted by Gasteiger charge is -2.32. The van der Waals surface area contributed by atoms with E-state index in [0.29, 0.717) is 5.75 Å². The van der Waals surface area contributed by atoms with E-state index in [-0.39, 0.29) is 5.41 Å². The summed E-state index contributed by atoms with van der Waals surface area (Å²) < 4.78 is 4.74. The maximum absolute atomic E-state index is 10.7. The minimum atomic E-state index is -1.26. The molecule has 1 aromatic rings. The van der Waals surface area contributed by atoms with Crippen LogP contribution >= 0.6 is 0 Å². The van der Waals surface area contributed by atoms with Crippen LogP contribution in [0.1, 0.15) is 37.7 Å². The molecule has 0 saturated heterocycles. The number of hydrogen-bond donors (Lipinski definition) is 1. The summed E-state index contributed by atoms with van der Waals surface area (Å²) in [6.45, 7) is 0. The molecule has 3 aliphatic carbocycles. The van der Waals surface area contributed by atoms with Crippen molar-refractivity contribution >= 4 is 6.16 Å². The largest absolute Gasteiger partial charge is 0.511 e. The summed E-state index contributed by atoms with van der Waals surface area (Å²) >= 11 is 0. The third-order valence-corrected chi connectivity index (χ3v) is 5.57. The SMILES string of the molecule is O=C(O)Oc1ccc(C23CCC(CC2=C2C=CC=CC2)C3)cc1. The van der Waals surface area contributed by atoms with E-state index >= 15 is 0 Å². The van der Waals surface area contributed by atoms with E-state index in [1.165, 1.54) is 36.8 Å². The fourth-order valence-corrected chi connectivity index (χ4v) is 4.63. The van der Waals surface area contributed by atoms with E-state index in [4.69, 9.17) is 9.84 Å². The zero-order valence-electron chi connectivity index (χ0n) is 13.0. The molecule has 23 heavy (non-hydrogen) atoms. The second-order valence-electron chi connectivity index (χ2n) is 6.78. The van der Waals surface area contributed by atoms with Gasteiger partial charge in [0.25, 0.3) is 0 Å². The van der Waals surface area contributed by atoms with Gasteiger partial charge in [-0.3, -0.25) is 0 Å². The Kier molecular flexibility index (Phi) is 3.37. The van der Waals surface area contributed by atoms with Crippen LogP contribution in [-0.2, 0) is 5.41 Å². The molecule has 3 nitrogen and oxygen atoms in total. The number of hydrogen-bond acceptors (Lipinski definition) is 2. The third-order valence-electron chi connectivity index (χ3n) is 5.57. The van der Waals surface area contributed by atoms with Gasteiger partial charge in [0.1, 0.15) is 5.75 Å². The van der Waals surface area contributed by atoms with Gasteiger partial charge in [0.15, 0.2) is 0 Å². The molecule has 2 saturated carbocycles. The maximum Gasteiger partial charge on any atom is 0.511 e. The predicted octanol–water partition coefficient (Wildman–Crippen LogP) is 5.00. The highest BCUT2D eigenvalue weighted by atomic mass is 16.7. The molecule has 0 amide bonds. The molecule has 2 bridgehead atoms. The van der Waals surface area contributed by atoms with Crippen LogP contribution in [0, 0.1) is 5.92 Å². The molecule has 1 aromatic carbocycles. The van der Waals surface area contributed by atoms with Crippen molar-refractivity contribution < 1.29 is 14.6 Å². The summed E-state index contributed by atoms with van der Waals surface area (Å²) in [7, 11) is 0. The number of carbonyl (C=O) groups is 1. The molecule has 4 rings (SSSR count). The molecule has 3 heteroatoms. The molecular formula is C20H20O3. The Morgan fingerprint density at radius 2 is 2.04 bits per heavy atom. The van der Waals surface area contributed by atoms with Crippen LogP contribution < -0.4 is 4.74 Å². The summed E-state index contributed by atoms with van der Waals surface area (Å²) in [4.78, 5) is 10.7. The molecule has 2 fully saturated rings. The lowest BCUT2D eigenvalue weighted by molar-refractivity contribution is 0.144. The Bertz CT molecular complexity index is 724. The fraction of sp³-hybridized carbons (Fsp3) is 0.350. The van der Waals surface area contributed by atoms with Crippen molar-refractivity contribution in [2.75, 3.05) is 0 Å². The first-order valence-electron chi connectivity index (χ1n) is 8.24. The van der Waals surface area contributed by atoms with Gasteiger partial charge < -0.3 is 9.84 Å². The molecule has 2 atom stereocenters. The lowest BCUT2D eigenvalue weighted by atomic mass is 9.71. The topological polar surface area (TPSA) is 46.5 Å². The number of benzene rings is 1. The molecule has 0 heterocycles.